The number of nitro groups is 1. The second kappa shape index (κ2) is 7.35. The minimum Gasteiger partial charge on any atom is -0.363 e. The lowest BCUT2D eigenvalue weighted by Crippen LogP contribution is -2.04. The third kappa shape index (κ3) is 3.44. The summed E-state index contributed by atoms with van der Waals surface area (Å²) >= 11 is 1.49. The van der Waals surface area contributed by atoms with Crippen LogP contribution in [0.15, 0.2) is 48.0 Å². The van der Waals surface area contributed by atoms with Gasteiger partial charge in [-0.15, -0.1) is 11.3 Å². The predicted molar refractivity (Wildman–Crippen MR) is 106 cm³/mol. The average molecular weight is 397 g/mol. The number of aryl methyl sites for hydroxylation is 1. The molecule has 142 valence electrons. The number of benzene rings is 1. The highest BCUT2D eigenvalue weighted by Crippen LogP contribution is 2.25. The second-order valence-electron chi connectivity index (χ2n) is 6.12. The van der Waals surface area contributed by atoms with Gasteiger partial charge in [0.25, 0.3) is 5.69 Å². The van der Waals surface area contributed by atoms with Gasteiger partial charge in [0, 0.05) is 17.0 Å². The first kappa shape index (κ1) is 18.1. The van der Waals surface area contributed by atoms with Crippen LogP contribution in [0.25, 0.3) is 16.9 Å². The number of hydrogen-bond acceptors (Lipinski definition) is 6. The van der Waals surface area contributed by atoms with Crippen molar-refractivity contribution in [2.75, 3.05) is 5.32 Å². The summed E-state index contributed by atoms with van der Waals surface area (Å²) in [5.41, 5.74) is 3.12. The van der Waals surface area contributed by atoms with Crippen molar-refractivity contribution < 1.29 is 9.31 Å². The molecule has 0 spiro atoms. The highest BCUT2D eigenvalue weighted by atomic mass is 32.1. The molecule has 28 heavy (non-hydrogen) atoms. The van der Waals surface area contributed by atoms with Gasteiger partial charge in [-0.1, -0.05) is 6.92 Å². The third-order valence-electron chi connectivity index (χ3n) is 4.32. The van der Waals surface area contributed by atoms with Crippen LogP contribution in [0.4, 0.5) is 15.9 Å². The fourth-order valence-corrected chi connectivity index (χ4v) is 3.67. The quantitative estimate of drug-likeness (QED) is 0.377. The van der Waals surface area contributed by atoms with Gasteiger partial charge in [-0.05, 0) is 36.8 Å². The normalized spacial score (nSPS) is 11.1. The number of imidazole rings is 1. The molecule has 1 N–H and O–H groups in total. The van der Waals surface area contributed by atoms with E-state index in [1.165, 1.54) is 35.7 Å². The Kier molecular flexibility index (Phi) is 4.74. The van der Waals surface area contributed by atoms with Gasteiger partial charge in [0.05, 0.1) is 29.1 Å². The lowest BCUT2D eigenvalue weighted by Gasteiger charge is -2.06. The number of nitrogens with zero attached hydrogens (tertiary/aromatic N) is 4. The molecule has 3 aromatic heterocycles. The predicted octanol–water partition coefficient (Wildman–Crippen LogP) is 4.68. The first-order valence-electron chi connectivity index (χ1n) is 8.64. The van der Waals surface area contributed by atoms with E-state index in [0.717, 1.165) is 27.8 Å². The van der Waals surface area contributed by atoms with E-state index in [2.05, 4.69) is 15.3 Å². The van der Waals surface area contributed by atoms with Gasteiger partial charge < -0.3 is 5.32 Å². The number of pyridine rings is 1. The molecule has 0 bridgehead atoms. The first-order valence-corrected chi connectivity index (χ1v) is 9.52. The summed E-state index contributed by atoms with van der Waals surface area (Å²) in [7, 11) is 0. The summed E-state index contributed by atoms with van der Waals surface area (Å²) < 4.78 is 14.8. The number of halogens is 1. The van der Waals surface area contributed by atoms with Crippen molar-refractivity contribution >= 4 is 28.5 Å². The zero-order chi connectivity index (χ0) is 19.7. The molecule has 0 saturated carbocycles. The standard InChI is InChI=1S/C19H16FN5O2S/c1-2-15-19(24-10-14(25(26)27)7-8-17(24)22-15)21-9-18-23-16(11-28-18)12-3-5-13(20)6-4-12/h3-8,10-11,21H,2,9H2,1H3. The minimum atomic E-state index is -0.426. The summed E-state index contributed by atoms with van der Waals surface area (Å²) in [5.74, 6) is 0.439. The Morgan fingerprint density at radius 2 is 2.00 bits per heavy atom. The van der Waals surface area contributed by atoms with E-state index in [0.29, 0.717) is 18.6 Å². The molecular formula is C19H16FN5O2S. The summed E-state index contributed by atoms with van der Waals surface area (Å²) in [4.78, 5) is 19.8. The van der Waals surface area contributed by atoms with E-state index in [1.54, 1.807) is 22.6 Å². The highest BCUT2D eigenvalue weighted by molar-refractivity contribution is 7.09. The molecule has 1 aromatic carbocycles. The molecule has 4 rings (SSSR count). The molecule has 0 radical (unpaired) electrons. The number of rotatable bonds is 6. The maximum atomic E-state index is 13.1. The SMILES string of the molecule is CCc1nc2ccc([N+](=O)[O-])cn2c1NCc1nc(-c2ccc(F)cc2)cs1. The summed E-state index contributed by atoms with van der Waals surface area (Å²) in [6.07, 6.45) is 2.16. The topological polar surface area (TPSA) is 85.4 Å². The van der Waals surface area contributed by atoms with Crippen LogP contribution in [-0.2, 0) is 13.0 Å². The van der Waals surface area contributed by atoms with Crippen LogP contribution < -0.4 is 5.32 Å². The maximum absolute atomic E-state index is 13.1. The molecule has 0 amide bonds. The Morgan fingerprint density at radius 3 is 2.71 bits per heavy atom. The smallest absolute Gasteiger partial charge is 0.286 e. The number of anilines is 1. The summed E-state index contributed by atoms with van der Waals surface area (Å²) in [6, 6.07) is 9.29. The summed E-state index contributed by atoms with van der Waals surface area (Å²) in [5, 5.41) is 17.2. The van der Waals surface area contributed by atoms with Crippen molar-refractivity contribution in [3.8, 4) is 11.3 Å². The van der Waals surface area contributed by atoms with Gasteiger partial charge in [-0.2, -0.15) is 0 Å². The minimum absolute atomic E-state index is 0.00319. The first-order chi connectivity index (χ1) is 13.5. The zero-order valence-corrected chi connectivity index (χ0v) is 15.7. The van der Waals surface area contributed by atoms with Crippen LogP contribution in [0.3, 0.4) is 0 Å². The van der Waals surface area contributed by atoms with Crippen molar-refractivity contribution in [3.63, 3.8) is 0 Å². The molecule has 3 heterocycles. The molecule has 0 aliphatic heterocycles. The molecule has 0 atom stereocenters. The molecular weight excluding hydrogens is 381 g/mol. The van der Waals surface area contributed by atoms with Crippen LogP contribution in [0, 0.1) is 15.9 Å². The van der Waals surface area contributed by atoms with Gasteiger partial charge in [0.1, 0.15) is 22.3 Å². The Labute approximate surface area is 163 Å². The second-order valence-corrected chi connectivity index (χ2v) is 7.06. The average Bonchev–Trinajstić information content (AvgIpc) is 3.30. The van der Waals surface area contributed by atoms with Crippen LogP contribution in [0.1, 0.15) is 17.6 Å². The van der Waals surface area contributed by atoms with Crippen molar-refractivity contribution in [1.82, 2.24) is 14.4 Å². The molecule has 7 nitrogen and oxygen atoms in total. The molecule has 0 unspecified atom stereocenters. The lowest BCUT2D eigenvalue weighted by atomic mass is 10.2. The van der Waals surface area contributed by atoms with Gasteiger partial charge >= 0.3 is 0 Å². The van der Waals surface area contributed by atoms with E-state index in [4.69, 9.17) is 0 Å². The van der Waals surface area contributed by atoms with Crippen LogP contribution in [-0.4, -0.2) is 19.3 Å². The Bertz CT molecular complexity index is 1150. The van der Waals surface area contributed by atoms with Gasteiger partial charge in [0.15, 0.2) is 0 Å². The van der Waals surface area contributed by atoms with Gasteiger partial charge in [-0.25, -0.2) is 14.4 Å². The largest absolute Gasteiger partial charge is 0.363 e. The Morgan fingerprint density at radius 1 is 1.21 bits per heavy atom. The number of thiazole rings is 1. The van der Waals surface area contributed by atoms with E-state index in [9.17, 15) is 14.5 Å². The van der Waals surface area contributed by atoms with E-state index >= 15 is 0 Å². The molecule has 4 aromatic rings. The number of aromatic nitrogens is 3. The molecule has 0 aliphatic carbocycles. The third-order valence-corrected chi connectivity index (χ3v) is 5.17. The van der Waals surface area contributed by atoms with Crippen molar-refractivity contribution in [2.45, 2.75) is 19.9 Å². The van der Waals surface area contributed by atoms with E-state index in [1.807, 2.05) is 12.3 Å². The fraction of sp³-hybridized carbons (Fsp3) is 0.158. The fourth-order valence-electron chi connectivity index (χ4n) is 2.93. The lowest BCUT2D eigenvalue weighted by molar-refractivity contribution is -0.385. The Balaban J connectivity index is 1.59. The van der Waals surface area contributed by atoms with E-state index < -0.39 is 4.92 Å². The molecule has 0 saturated heterocycles. The monoisotopic (exact) mass is 397 g/mol. The Hall–Kier alpha value is -3.33. The number of nitrogens with one attached hydrogen (secondary N) is 1. The molecule has 0 fully saturated rings. The number of hydrogen-bond donors (Lipinski definition) is 1. The number of fused-ring (bicyclic) bond motifs is 1. The van der Waals surface area contributed by atoms with Crippen molar-refractivity contribution in [1.29, 1.82) is 0 Å². The molecule has 9 heteroatoms. The van der Waals surface area contributed by atoms with Crippen molar-refractivity contribution in [2.24, 2.45) is 0 Å². The van der Waals surface area contributed by atoms with Crippen LogP contribution >= 0.6 is 11.3 Å². The van der Waals surface area contributed by atoms with Gasteiger partial charge in [-0.3, -0.25) is 14.5 Å². The van der Waals surface area contributed by atoms with E-state index in [-0.39, 0.29) is 11.5 Å². The van der Waals surface area contributed by atoms with Crippen molar-refractivity contribution in [3.05, 3.63) is 74.6 Å². The summed E-state index contributed by atoms with van der Waals surface area (Å²) in [6.45, 7) is 2.44. The van der Waals surface area contributed by atoms with Crippen LogP contribution in [0.5, 0.6) is 0 Å². The maximum Gasteiger partial charge on any atom is 0.286 e. The zero-order valence-electron chi connectivity index (χ0n) is 14.9. The van der Waals surface area contributed by atoms with Crippen LogP contribution in [0.2, 0.25) is 0 Å². The highest BCUT2D eigenvalue weighted by Gasteiger charge is 2.15. The molecule has 0 aliphatic rings. The van der Waals surface area contributed by atoms with Gasteiger partial charge in [0.2, 0.25) is 0 Å².